The van der Waals surface area contributed by atoms with Crippen LogP contribution in [-0.4, -0.2) is 65.2 Å². The summed E-state index contributed by atoms with van der Waals surface area (Å²) in [4.78, 5) is 41.9. The second kappa shape index (κ2) is 10.3. The molecule has 0 spiro atoms. The molecule has 1 saturated heterocycles. The number of halogens is 1. The van der Waals surface area contributed by atoms with Crippen LogP contribution < -0.4 is 10.4 Å². The molecule has 1 aliphatic heterocycles. The summed E-state index contributed by atoms with van der Waals surface area (Å²) in [5, 5.41) is 0.779. The molecule has 2 fully saturated rings. The standard InChI is InChI=1S/C18H26ClN5O3S/c1-2-27-22-16(25)12-28-18-20-14(19)11-15(21-18)23-7-9-24(10-8-23)17(26)13-5-3-4-6-13/h11,13H,2-10,12H2,1H3,(H,22,25). The Bertz CT molecular complexity index is 694. The maximum atomic E-state index is 12.6. The lowest BCUT2D eigenvalue weighted by molar-refractivity contribution is -0.135. The zero-order valence-electron chi connectivity index (χ0n) is 16.0. The zero-order chi connectivity index (χ0) is 19.9. The lowest BCUT2D eigenvalue weighted by Gasteiger charge is -2.36. The number of hydrogen-bond acceptors (Lipinski definition) is 7. The van der Waals surface area contributed by atoms with Crippen LogP contribution in [0.1, 0.15) is 32.6 Å². The molecule has 154 valence electrons. The Kier molecular flexibility index (Phi) is 7.75. The van der Waals surface area contributed by atoms with Gasteiger partial charge in [0, 0.05) is 38.2 Å². The number of thioether (sulfide) groups is 1. The number of nitrogens with one attached hydrogen (secondary N) is 1. The van der Waals surface area contributed by atoms with Crippen LogP contribution in [0.15, 0.2) is 11.2 Å². The number of nitrogens with zero attached hydrogens (tertiary/aromatic N) is 4. The van der Waals surface area contributed by atoms with Gasteiger partial charge in [0.15, 0.2) is 5.16 Å². The van der Waals surface area contributed by atoms with Crippen molar-refractivity contribution in [1.82, 2.24) is 20.3 Å². The Morgan fingerprint density at radius 1 is 1.25 bits per heavy atom. The molecule has 1 aromatic heterocycles. The SMILES string of the molecule is CCONC(=O)CSc1nc(Cl)cc(N2CCN(C(=O)C3CCCC3)CC2)n1. The summed E-state index contributed by atoms with van der Waals surface area (Å²) in [6, 6.07) is 1.72. The first-order valence-electron chi connectivity index (χ1n) is 9.68. The molecule has 0 unspecified atom stereocenters. The van der Waals surface area contributed by atoms with E-state index < -0.39 is 0 Å². The van der Waals surface area contributed by atoms with Crippen LogP contribution in [0.5, 0.6) is 0 Å². The predicted molar refractivity (Wildman–Crippen MR) is 108 cm³/mol. The molecule has 0 atom stereocenters. The van der Waals surface area contributed by atoms with Gasteiger partial charge in [-0.25, -0.2) is 15.4 Å². The molecule has 10 heteroatoms. The Morgan fingerprint density at radius 2 is 1.96 bits per heavy atom. The lowest BCUT2D eigenvalue weighted by atomic mass is 10.1. The van der Waals surface area contributed by atoms with Crippen LogP contribution in [0.3, 0.4) is 0 Å². The van der Waals surface area contributed by atoms with Gasteiger partial charge in [0.2, 0.25) is 5.91 Å². The minimum atomic E-state index is -0.254. The van der Waals surface area contributed by atoms with Crippen molar-refractivity contribution in [1.29, 1.82) is 0 Å². The van der Waals surface area contributed by atoms with Crippen molar-refractivity contribution in [2.24, 2.45) is 5.92 Å². The van der Waals surface area contributed by atoms with E-state index in [9.17, 15) is 9.59 Å². The molecular formula is C18H26ClN5O3S. The van der Waals surface area contributed by atoms with Crippen molar-refractivity contribution in [3.63, 3.8) is 0 Å². The van der Waals surface area contributed by atoms with Crippen LogP contribution in [0.4, 0.5) is 5.82 Å². The van der Waals surface area contributed by atoms with E-state index in [2.05, 4.69) is 20.3 Å². The highest BCUT2D eigenvalue weighted by Gasteiger charge is 2.29. The van der Waals surface area contributed by atoms with Gasteiger partial charge in [0.1, 0.15) is 11.0 Å². The highest BCUT2D eigenvalue weighted by Crippen LogP contribution is 2.28. The topological polar surface area (TPSA) is 87.7 Å². The number of anilines is 1. The monoisotopic (exact) mass is 427 g/mol. The second-order valence-corrected chi connectivity index (χ2v) is 8.20. The fourth-order valence-electron chi connectivity index (χ4n) is 3.51. The molecule has 3 rings (SSSR count). The minimum absolute atomic E-state index is 0.142. The number of aromatic nitrogens is 2. The molecule has 1 aliphatic carbocycles. The van der Waals surface area contributed by atoms with Gasteiger partial charge < -0.3 is 9.80 Å². The Balaban J connectivity index is 1.54. The normalized spacial score (nSPS) is 17.8. The Labute approximate surface area is 174 Å². The molecule has 1 aromatic rings. The van der Waals surface area contributed by atoms with Crippen LogP contribution in [-0.2, 0) is 14.4 Å². The van der Waals surface area contributed by atoms with Crippen LogP contribution in [0.2, 0.25) is 5.15 Å². The second-order valence-electron chi connectivity index (χ2n) is 6.87. The number of piperazine rings is 1. The zero-order valence-corrected chi connectivity index (χ0v) is 17.6. The van der Waals surface area contributed by atoms with E-state index in [0.29, 0.717) is 49.0 Å². The van der Waals surface area contributed by atoms with Crippen molar-refractivity contribution in [2.75, 3.05) is 43.4 Å². The van der Waals surface area contributed by atoms with Crippen LogP contribution >= 0.6 is 23.4 Å². The number of rotatable bonds is 7. The van der Waals surface area contributed by atoms with Gasteiger partial charge in [-0.2, -0.15) is 0 Å². The molecule has 2 heterocycles. The van der Waals surface area contributed by atoms with E-state index in [1.165, 1.54) is 24.6 Å². The highest BCUT2D eigenvalue weighted by atomic mass is 35.5. The third-order valence-corrected chi connectivity index (χ3v) is 5.98. The summed E-state index contributed by atoms with van der Waals surface area (Å²) in [6.45, 7) is 5.00. The van der Waals surface area contributed by atoms with E-state index in [4.69, 9.17) is 16.4 Å². The maximum Gasteiger partial charge on any atom is 0.254 e. The number of hydroxylamine groups is 1. The van der Waals surface area contributed by atoms with Crippen molar-refractivity contribution < 1.29 is 14.4 Å². The predicted octanol–water partition coefficient (Wildman–Crippen LogP) is 2.13. The molecule has 0 bridgehead atoms. The molecule has 2 amide bonds. The molecule has 8 nitrogen and oxygen atoms in total. The molecule has 28 heavy (non-hydrogen) atoms. The Hall–Kier alpha value is -1.58. The van der Waals surface area contributed by atoms with Crippen molar-refractivity contribution >= 4 is 41.0 Å². The van der Waals surface area contributed by atoms with Gasteiger partial charge in [-0.05, 0) is 19.8 Å². The van der Waals surface area contributed by atoms with E-state index in [0.717, 1.165) is 18.7 Å². The van der Waals surface area contributed by atoms with E-state index in [-0.39, 0.29) is 17.6 Å². The third-order valence-electron chi connectivity index (χ3n) is 4.94. The fourth-order valence-corrected chi connectivity index (χ4v) is 4.38. The fraction of sp³-hybridized carbons (Fsp3) is 0.667. The number of carbonyl (C=O) groups is 2. The summed E-state index contributed by atoms with van der Waals surface area (Å²) in [6.07, 6.45) is 4.38. The van der Waals surface area contributed by atoms with Gasteiger partial charge in [0.25, 0.3) is 5.91 Å². The number of carbonyl (C=O) groups excluding carboxylic acids is 2. The smallest absolute Gasteiger partial charge is 0.254 e. The number of hydrogen-bond donors (Lipinski definition) is 1. The van der Waals surface area contributed by atoms with Crippen molar-refractivity contribution in [3.8, 4) is 0 Å². The van der Waals surface area contributed by atoms with E-state index in [1.54, 1.807) is 13.0 Å². The largest absolute Gasteiger partial charge is 0.353 e. The summed E-state index contributed by atoms with van der Waals surface area (Å²) in [5.41, 5.74) is 2.34. The molecular weight excluding hydrogens is 402 g/mol. The van der Waals surface area contributed by atoms with Crippen molar-refractivity contribution in [2.45, 2.75) is 37.8 Å². The van der Waals surface area contributed by atoms with Crippen molar-refractivity contribution in [3.05, 3.63) is 11.2 Å². The minimum Gasteiger partial charge on any atom is -0.353 e. The molecule has 2 aliphatic rings. The van der Waals surface area contributed by atoms with E-state index in [1.807, 2.05) is 4.90 Å². The summed E-state index contributed by atoms with van der Waals surface area (Å²) >= 11 is 7.36. The molecule has 0 aromatic carbocycles. The van der Waals surface area contributed by atoms with Crippen LogP contribution in [0.25, 0.3) is 0 Å². The Morgan fingerprint density at radius 3 is 2.64 bits per heavy atom. The lowest BCUT2D eigenvalue weighted by Crippen LogP contribution is -2.50. The summed E-state index contributed by atoms with van der Waals surface area (Å²) in [5.74, 6) is 1.13. The maximum absolute atomic E-state index is 12.6. The molecule has 1 N–H and O–H groups in total. The average Bonchev–Trinajstić information content (AvgIpc) is 3.25. The molecule has 0 radical (unpaired) electrons. The van der Waals surface area contributed by atoms with E-state index >= 15 is 0 Å². The average molecular weight is 428 g/mol. The van der Waals surface area contributed by atoms with Crippen LogP contribution in [0, 0.1) is 5.92 Å². The first kappa shape index (κ1) is 21.1. The third kappa shape index (κ3) is 5.71. The first-order chi connectivity index (χ1) is 13.6. The first-order valence-corrected chi connectivity index (χ1v) is 11.0. The quantitative estimate of drug-likeness (QED) is 0.308. The number of amides is 2. The summed E-state index contributed by atoms with van der Waals surface area (Å²) in [7, 11) is 0. The van der Waals surface area contributed by atoms with Gasteiger partial charge >= 0.3 is 0 Å². The highest BCUT2D eigenvalue weighted by molar-refractivity contribution is 7.99. The van der Waals surface area contributed by atoms with Gasteiger partial charge in [-0.15, -0.1) is 0 Å². The van der Waals surface area contributed by atoms with Gasteiger partial charge in [-0.1, -0.05) is 36.2 Å². The molecule has 1 saturated carbocycles. The van der Waals surface area contributed by atoms with Gasteiger partial charge in [0.05, 0.1) is 12.4 Å². The van der Waals surface area contributed by atoms with Gasteiger partial charge in [-0.3, -0.25) is 14.4 Å². The summed E-state index contributed by atoms with van der Waals surface area (Å²) < 4.78 is 0.